The van der Waals surface area contributed by atoms with Gasteiger partial charge in [0.25, 0.3) is 0 Å². The van der Waals surface area contributed by atoms with Crippen LogP contribution in [0.15, 0.2) is 24.5 Å². The molecule has 1 atom stereocenters. The van der Waals surface area contributed by atoms with Crippen LogP contribution in [0.25, 0.3) is 0 Å². The van der Waals surface area contributed by atoms with Crippen molar-refractivity contribution in [1.82, 2.24) is 15.2 Å². The summed E-state index contributed by atoms with van der Waals surface area (Å²) < 4.78 is 6.06. The molecule has 4 nitrogen and oxygen atoms in total. The van der Waals surface area contributed by atoms with Crippen LogP contribution >= 0.6 is 0 Å². The van der Waals surface area contributed by atoms with Crippen molar-refractivity contribution in [1.29, 1.82) is 0 Å². The Labute approximate surface area is 115 Å². The van der Waals surface area contributed by atoms with E-state index in [4.69, 9.17) is 4.74 Å². The fraction of sp³-hybridized carbons (Fsp3) is 0.667. The van der Waals surface area contributed by atoms with Gasteiger partial charge in [-0.05, 0) is 37.4 Å². The van der Waals surface area contributed by atoms with Crippen molar-refractivity contribution >= 4 is 0 Å². The molecular weight excluding hydrogens is 238 g/mol. The summed E-state index contributed by atoms with van der Waals surface area (Å²) in [5.41, 5.74) is 1.47. The SMILES string of the molecule is CN(Cc1cccnc1)C[C@H]1CCC2(CNC2)OC1. The fourth-order valence-electron chi connectivity index (χ4n) is 3.05. The second kappa shape index (κ2) is 5.57. The summed E-state index contributed by atoms with van der Waals surface area (Å²) in [4.78, 5) is 6.54. The third kappa shape index (κ3) is 3.14. The molecule has 0 bridgehead atoms. The summed E-state index contributed by atoms with van der Waals surface area (Å²) in [6, 6.07) is 4.14. The summed E-state index contributed by atoms with van der Waals surface area (Å²) in [5.74, 6) is 0.674. The maximum absolute atomic E-state index is 6.06. The van der Waals surface area contributed by atoms with E-state index in [0.29, 0.717) is 5.92 Å². The van der Waals surface area contributed by atoms with E-state index < -0.39 is 0 Å². The first-order valence-corrected chi connectivity index (χ1v) is 7.18. The number of pyridine rings is 1. The Kier molecular flexibility index (Phi) is 3.82. The maximum atomic E-state index is 6.06. The lowest BCUT2D eigenvalue weighted by atomic mass is 9.84. The van der Waals surface area contributed by atoms with E-state index in [0.717, 1.165) is 32.8 Å². The van der Waals surface area contributed by atoms with Crippen LogP contribution in [0, 0.1) is 5.92 Å². The molecule has 3 rings (SSSR count). The quantitative estimate of drug-likeness (QED) is 0.886. The summed E-state index contributed by atoms with van der Waals surface area (Å²) >= 11 is 0. The third-order valence-corrected chi connectivity index (χ3v) is 4.27. The van der Waals surface area contributed by atoms with Gasteiger partial charge in [0.05, 0.1) is 12.2 Å². The summed E-state index contributed by atoms with van der Waals surface area (Å²) in [7, 11) is 2.18. The van der Waals surface area contributed by atoms with Crippen LogP contribution in [0.1, 0.15) is 18.4 Å². The summed E-state index contributed by atoms with van der Waals surface area (Å²) in [6.07, 6.45) is 6.28. The van der Waals surface area contributed by atoms with E-state index in [1.807, 2.05) is 18.5 Å². The largest absolute Gasteiger partial charge is 0.372 e. The van der Waals surface area contributed by atoms with Crippen molar-refractivity contribution < 1.29 is 4.74 Å². The van der Waals surface area contributed by atoms with Crippen LogP contribution in [-0.2, 0) is 11.3 Å². The monoisotopic (exact) mass is 261 g/mol. The Bertz CT molecular complexity index is 395. The molecule has 0 amide bonds. The Hall–Kier alpha value is -0.970. The molecule has 2 aliphatic rings. The first-order valence-electron chi connectivity index (χ1n) is 7.18. The van der Waals surface area contributed by atoms with Crippen LogP contribution in [-0.4, -0.2) is 48.8 Å². The number of nitrogens with zero attached hydrogens (tertiary/aromatic N) is 2. The number of rotatable bonds is 4. The molecule has 0 aromatic carbocycles. The van der Waals surface area contributed by atoms with Gasteiger partial charge >= 0.3 is 0 Å². The first kappa shape index (κ1) is 13.0. The molecule has 104 valence electrons. The molecule has 1 aromatic heterocycles. The van der Waals surface area contributed by atoms with Crippen molar-refractivity contribution in [2.45, 2.75) is 25.0 Å². The normalized spacial score (nSPS) is 25.5. The van der Waals surface area contributed by atoms with Crippen LogP contribution < -0.4 is 5.32 Å². The highest BCUT2D eigenvalue weighted by molar-refractivity contribution is 5.08. The van der Waals surface area contributed by atoms with Gasteiger partial charge in [0.1, 0.15) is 0 Å². The number of hydrogen-bond donors (Lipinski definition) is 1. The van der Waals surface area contributed by atoms with Gasteiger partial charge in [-0.15, -0.1) is 0 Å². The molecule has 4 heteroatoms. The molecule has 1 spiro atoms. The van der Waals surface area contributed by atoms with E-state index in [2.05, 4.69) is 28.3 Å². The lowest BCUT2D eigenvalue weighted by Crippen LogP contribution is -2.63. The second-order valence-electron chi connectivity index (χ2n) is 6.06. The van der Waals surface area contributed by atoms with Gasteiger partial charge in [-0.1, -0.05) is 6.07 Å². The Balaban J connectivity index is 1.44. The third-order valence-electron chi connectivity index (χ3n) is 4.27. The van der Waals surface area contributed by atoms with E-state index in [1.54, 1.807) is 0 Å². The zero-order valence-corrected chi connectivity index (χ0v) is 11.6. The average Bonchev–Trinajstić information content (AvgIpc) is 2.39. The van der Waals surface area contributed by atoms with Gasteiger partial charge in [-0.2, -0.15) is 0 Å². The van der Waals surface area contributed by atoms with Crippen molar-refractivity contribution in [2.75, 3.05) is 33.3 Å². The number of aromatic nitrogens is 1. The van der Waals surface area contributed by atoms with Crippen LogP contribution in [0.5, 0.6) is 0 Å². The molecule has 1 N–H and O–H groups in total. The van der Waals surface area contributed by atoms with Gasteiger partial charge in [0, 0.05) is 38.6 Å². The highest BCUT2D eigenvalue weighted by Gasteiger charge is 2.41. The maximum Gasteiger partial charge on any atom is 0.0930 e. The van der Waals surface area contributed by atoms with E-state index in [-0.39, 0.29) is 5.60 Å². The fourth-order valence-corrected chi connectivity index (χ4v) is 3.05. The van der Waals surface area contributed by atoms with Crippen molar-refractivity contribution in [3.05, 3.63) is 30.1 Å². The van der Waals surface area contributed by atoms with E-state index >= 15 is 0 Å². The highest BCUT2D eigenvalue weighted by atomic mass is 16.5. The Morgan fingerprint density at radius 1 is 1.53 bits per heavy atom. The average molecular weight is 261 g/mol. The molecule has 0 unspecified atom stereocenters. The number of ether oxygens (including phenoxy) is 1. The Morgan fingerprint density at radius 2 is 2.42 bits per heavy atom. The lowest BCUT2D eigenvalue weighted by molar-refractivity contribution is -0.131. The molecule has 0 saturated carbocycles. The molecule has 19 heavy (non-hydrogen) atoms. The molecule has 3 heterocycles. The summed E-state index contributed by atoms with van der Waals surface area (Å²) in [6.45, 7) is 5.09. The standard InChI is InChI=1S/C15H23N3O/c1-18(8-13-3-2-6-16-7-13)9-14-4-5-15(19-10-14)11-17-12-15/h2-3,6-7,14,17H,4-5,8-12H2,1H3/t14-/m1/s1. The molecule has 0 radical (unpaired) electrons. The van der Waals surface area contributed by atoms with Gasteiger partial charge in [0.15, 0.2) is 0 Å². The molecular formula is C15H23N3O. The predicted molar refractivity (Wildman–Crippen MR) is 74.8 cm³/mol. The minimum Gasteiger partial charge on any atom is -0.372 e. The molecule has 2 saturated heterocycles. The molecule has 1 aromatic rings. The van der Waals surface area contributed by atoms with Crippen molar-refractivity contribution in [3.63, 3.8) is 0 Å². The van der Waals surface area contributed by atoms with E-state index in [9.17, 15) is 0 Å². The van der Waals surface area contributed by atoms with Crippen LogP contribution in [0.4, 0.5) is 0 Å². The zero-order valence-electron chi connectivity index (χ0n) is 11.6. The topological polar surface area (TPSA) is 37.4 Å². The zero-order chi connectivity index (χ0) is 13.1. The lowest BCUT2D eigenvalue weighted by Gasteiger charge is -2.47. The number of hydrogen-bond acceptors (Lipinski definition) is 4. The predicted octanol–water partition coefficient (Wildman–Crippen LogP) is 1.28. The van der Waals surface area contributed by atoms with E-state index in [1.165, 1.54) is 18.4 Å². The van der Waals surface area contributed by atoms with Crippen molar-refractivity contribution in [2.24, 2.45) is 5.92 Å². The van der Waals surface area contributed by atoms with Crippen LogP contribution in [0.3, 0.4) is 0 Å². The highest BCUT2D eigenvalue weighted by Crippen LogP contribution is 2.31. The minimum absolute atomic E-state index is 0.193. The minimum atomic E-state index is 0.193. The first-order chi connectivity index (χ1) is 9.26. The van der Waals surface area contributed by atoms with Gasteiger partial charge in [0.2, 0.25) is 0 Å². The molecule has 0 aliphatic carbocycles. The molecule has 2 fully saturated rings. The summed E-state index contributed by atoms with van der Waals surface area (Å²) in [5, 5.41) is 3.32. The smallest absolute Gasteiger partial charge is 0.0930 e. The van der Waals surface area contributed by atoms with Gasteiger partial charge < -0.3 is 15.0 Å². The number of nitrogens with one attached hydrogen (secondary N) is 1. The van der Waals surface area contributed by atoms with Crippen LogP contribution in [0.2, 0.25) is 0 Å². The van der Waals surface area contributed by atoms with Gasteiger partial charge in [-0.25, -0.2) is 0 Å². The second-order valence-corrected chi connectivity index (χ2v) is 6.06. The molecule has 2 aliphatic heterocycles. The Morgan fingerprint density at radius 3 is 3.00 bits per heavy atom. The van der Waals surface area contributed by atoms with Gasteiger partial charge in [-0.3, -0.25) is 4.98 Å². The van der Waals surface area contributed by atoms with Crippen molar-refractivity contribution in [3.8, 4) is 0 Å².